The molecule has 0 spiro atoms. The second-order valence-electron chi connectivity index (χ2n) is 7.19. The molecule has 0 aliphatic carbocycles. The van der Waals surface area contributed by atoms with Crippen LogP contribution in [0.25, 0.3) is 21.5 Å². The summed E-state index contributed by atoms with van der Waals surface area (Å²) in [5.41, 5.74) is 0.909. The highest BCUT2D eigenvalue weighted by Crippen LogP contribution is 2.28. The van der Waals surface area contributed by atoms with Gasteiger partial charge in [0.2, 0.25) is 0 Å². The zero-order valence-electron chi connectivity index (χ0n) is 16.3. The highest BCUT2D eigenvalue weighted by Gasteiger charge is 2.24. The van der Waals surface area contributed by atoms with Gasteiger partial charge in [0.1, 0.15) is 6.04 Å². The van der Waals surface area contributed by atoms with Crippen molar-refractivity contribution < 1.29 is 19.6 Å². The monoisotopic (exact) mass is 414 g/mol. The minimum absolute atomic E-state index is 0.00175. The van der Waals surface area contributed by atoms with Gasteiger partial charge in [-0.2, -0.15) is 0 Å². The fourth-order valence-electron chi connectivity index (χ4n) is 3.68. The van der Waals surface area contributed by atoms with E-state index in [4.69, 9.17) is 0 Å². The number of nitrogens with zero attached hydrogens (tertiary/aromatic N) is 1. The summed E-state index contributed by atoms with van der Waals surface area (Å²) < 4.78 is 0. The minimum Gasteiger partial charge on any atom is -0.480 e. The van der Waals surface area contributed by atoms with Gasteiger partial charge in [0.25, 0.3) is 11.6 Å². The fourth-order valence-corrected chi connectivity index (χ4v) is 3.68. The number of benzene rings is 4. The molecule has 0 aromatic heterocycles. The third kappa shape index (κ3) is 4.06. The van der Waals surface area contributed by atoms with Crippen LogP contribution in [-0.4, -0.2) is 27.9 Å². The van der Waals surface area contributed by atoms with Gasteiger partial charge >= 0.3 is 5.97 Å². The molecule has 4 rings (SSSR count). The number of aliphatic carboxylic acids is 1. The SMILES string of the molecule is O=C(N[C@@H](Cc1ccc([N+](=O)[O-])cc1)C(=O)O)c1c2ccccc2cc2ccccc12. The molecule has 1 atom stereocenters. The molecular formula is C24H18N2O5. The van der Waals surface area contributed by atoms with Crippen LogP contribution in [0.4, 0.5) is 5.69 Å². The Bertz CT molecular complexity index is 1260. The number of carboxylic acids is 1. The van der Waals surface area contributed by atoms with E-state index in [0.717, 1.165) is 21.5 Å². The van der Waals surface area contributed by atoms with E-state index in [9.17, 15) is 24.8 Å². The van der Waals surface area contributed by atoms with Crippen molar-refractivity contribution in [2.75, 3.05) is 0 Å². The number of nitro benzene ring substituents is 1. The van der Waals surface area contributed by atoms with Crippen molar-refractivity contribution in [3.63, 3.8) is 0 Å². The molecule has 7 heteroatoms. The zero-order chi connectivity index (χ0) is 22.0. The highest BCUT2D eigenvalue weighted by molar-refractivity contribution is 6.18. The van der Waals surface area contributed by atoms with Crippen LogP contribution in [0.5, 0.6) is 0 Å². The number of nitrogens with one attached hydrogen (secondary N) is 1. The number of amides is 1. The standard InChI is InChI=1S/C24H18N2O5/c27-23(25-21(24(28)29)13-15-9-11-18(12-10-15)26(30)31)22-19-7-3-1-5-16(19)14-17-6-2-4-8-20(17)22/h1-12,14,21H,13H2,(H,25,27)(H,28,29)/t21-/m0/s1. The predicted octanol–water partition coefficient (Wildman–Crippen LogP) is 4.33. The lowest BCUT2D eigenvalue weighted by molar-refractivity contribution is -0.384. The van der Waals surface area contributed by atoms with Crippen LogP contribution in [0.15, 0.2) is 78.9 Å². The van der Waals surface area contributed by atoms with Crippen LogP contribution in [0.1, 0.15) is 15.9 Å². The van der Waals surface area contributed by atoms with Gasteiger partial charge in [-0.1, -0.05) is 60.7 Å². The molecule has 0 saturated carbocycles. The van der Waals surface area contributed by atoms with Gasteiger partial charge in [-0.05, 0) is 33.2 Å². The lowest BCUT2D eigenvalue weighted by atomic mass is 9.95. The van der Waals surface area contributed by atoms with Gasteiger partial charge in [0.15, 0.2) is 0 Å². The smallest absolute Gasteiger partial charge is 0.326 e. The van der Waals surface area contributed by atoms with E-state index >= 15 is 0 Å². The van der Waals surface area contributed by atoms with Crippen molar-refractivity contribution in [1.29, 1.82) is 0 Å². The van der Waals surface area contributed by atoms with Crippen LogP contribution in [0.3, 0.4) is 0 Å². The average Bonchev–Trinajstić information content (AvgIpc) is 2.77. The molecule has 0 aliphatic heterocycles. The second-order valence-corrected chi connectivity index (χ2v) is 7.19. The molecule has 4 aromatic rings. The molecule has 2 N–H and O–H groups in total. The molecule has 154 valence electrons. The van der Waals surface area contributed by atoms with Crippen molar-refractivity contribution in [3.8, 4) is 0 Å². The Morgan fingerprint density at radius 1 is 0.903 bits per heavy atom. The van der Waals surface area contributed by atoms with E-state index in [-0.39, 0.29) is 12.1 Å². The maximum atomic E-state index is 13.3. The number of carboxylic acid groups (broad SMARTS) is 1. The Balaban J connectivity index is 1.68. The summed E-state index contributed by atoms with van der Waals surface area (Å²) in [5, 5.41) is 26.4. The minimum atomic E-state index is -1.19. The molecule has 0 saturated heterocycles. The summed E-state index contributed by atoms with van der Waals surface area (Å²) in [6.45, 7) is 0. The number of rotatable bonds is 6. The van der Waals surface area contributed by atoms with Gasteiger partial charge in [0.05, 0.1) is 10.5 Å². The van der Waals surface area contributed by atoms with Crippen molar-refractivity contribution in [2.24, 2.45) is 0 Å². The zero-order valence-corrected chi connectivity index (χ0v) is 16.3. The molecule has 0 heterocycles. The van der Waals surface area contributed by atoms with E-state index in [1.54, 1.807) is 0 Å². The maximum Gasteiger partial charge on any atom is 0.326 e. The molecule has 31 heavy (non-hydrogen) atoms. The number of carbonyl (C=O) groups excluding carboxylic acids is 1. The number of nitro groups is 1. The quantitative estimate of drug-likeness (QED) is 0.277. The van der Waals surface area contributed by atoms with E-state index in [1.165, 1.54) is 24.3 Å². The van der Waals surface area contributed by atoms with E-state index in [0.29, 0.717) is 11.1 Å². The average molecular weight is 414 g/mol. The first-order chi connectivity index (χ1) is 14.9. The van der Waals surface area contributed by atoms with E-state index < -0.39 is 22.8 Å². The third-order valence-corrected chi connectivity index (χ3v) is 5.19. The van der Waals surface area contributed by atoms with Crippen LogP contribution >= 0.6 is 0 Å². The van der Waals surface area contributed by atoms with Gasteiger partial charge in [-0.15, -0.1) is 0 Å². The Hall–Kier alpha value is -4.26. The summed E-state index contributed by atoms with van der Waals surface area (Å²) in [6, 6.07) is 21.3. The lowest BCUT2D eigenvalue weighted by Crippen LogP contribution is -2.42. The molecule has 7 nitrogen and oxygen atoms in total. The van der Waals surface area contributed by atoms with Crippen molar-refractivity contribution >= 4 is 39.1 Å². The number of hydrogen-bond acceptors (Lipinski definition) is 4. The van der Waals surface area contributed by atoms with Crippen molar-refractivity contribution in [1.82, 2.24) is 5.32 Å². The molecule has 0 bridgehead atoms. The predicted molar refractivity (Wildman–Crippen MR) is 117 cm³/mol. The van der Waals surface area contributed by atoms with Crippen LogP contribution < -0.4 is 5.32 Å². The van der Waals surface area contributed by atoms with Gasteiger partial charge in [0, 0.05) is 18.6 Å². The summed E-state index contributed by atoms with van der Waals surface area (Å²) in [5.74, 6) is -1.67. The molecule has 0 fully saturated rings. The normalized spacial score (nSPS) is 11.9. The van der Waals surface area contributed by atoms with Crippen LogP contribution in [-0.2, 0) is 11.2 Å². The Kier molecular flexibility index (Phi) is 5.32. The molecular weight excluding hydrogens is 396 g/mol. The second kappa shape index (κ2) is 8.23. The van der Waals surface area contributed by atoms with E-state index in [1.807, 2.05) is 54.6 Å². The first kappa shape index (κ1) is 20.0. The lowest BCUT2D eigenvalue weighted by Gasteiger charge is -2.17. The van der Waals surface area contributed by atoms with Crippen LogP contribution in [0.2, 0.25) is 0 Å². The maximum absolute atomic E-state index is 13.3. The fraction of sp³-hybridized carbons (Fsp3) is 0.0833. The Morgan fingerprint density at radius 3 is 1.97 bits per heavy atom. The van der Waals surface area contributed by atoms with Crippen molar-refractivity contribution in [3.05, 3.63) is 100 Å². The summed E-state index contributed by atoms with van der Waals surface area (Å²) in [6.07, 6.45) is 0.00175. The van der Waals surface area contributed by atoms with E-state index in [2.05, 4.69) is 5.32 Å². The summed E-state index contributed by atoms with van der Waals surface area (Å²) in [4.78, 5) is 35.4. The third-order valence-electron chi connectivity index (χ3n) is 5.19. The Morgan fingerprint density at radius 2 is 1.45 bits per heavy atom. The van der Waals surface area contributed by atoms with Gasteiger partial charge in [-0.3, -0.25) is 14.9 Å². The first-order valence-electron chi connectivity index (χ1n) is 9.61. The molecule has 0 unspecified atom stereocenters. The molecule has 4 aromatic carbocycles. The number of carbonyl (C=O) groups is 2. The van der Waals surface area contributed by atoms with Crippen molar-refractivity contribution in [2.45, 2.75) is 12.5 Å². The van der Waals surface area contributed by atoms with Crippen LogP contribution in [0, 0.1) is 10.1 Å². The first-order valence-corrected chi connectivity index (χ1v) is 9.61. The Labute approximate surface area is 177 Å². The molecule has 1 amide bonds. The van der Waals surface area contributed by atoms with Gasteiger partial charge in [-0.25, -0.2) is 4.79 Å². The largest absolute Gasteiger partial charge is 0.480 e. The summed E-state index contributed by atoms with van der Waals surface area (Å²) in [7, 11) is 0. The molecule has 0 radical (unpaired) electrons. The summed E-state index contributed by atoms with van der Waals surface area (Å²) >= 11 is 0. The number of fused-ring (bicyclic) bond motifs is 2. The van der Waals surface area contributed by atoms with Gasteiger partial charge < -0.3 is 10.4 Å². The number of non-ortho nitro benzene ring substituents is 1. The topological polar surface area (TPSA) is 110 Å². The molecule has 0 aliphatic rings. The highest BCUT2D eigenvalue weighted by atomic mass is 16.6. The number of hydrogen-bond donors (Lipinski definition) is 2.